The number of carbonyl (C=O) groups is 1. The van der Waals surface area contributed by atoms with Crippen LogP contribution in [0.25, 0.3) is 0 Å². The van der Waals surface area contributed by atoms with Crippen molar-refractivity contribution in [2.24, 2.45) is 0 Å². The van der Waals surface area contributed by atoms with Gasteiger partial charge >= 0.3 is 5.97 Å². The van der Waals surface area contributed by atoms with E-state index in [9.17, 15) is 26.7 Å². The van der Waals surface area contributed by atoms with Crippen LogP contribution < -0.4 is 0 Å². The number of allylic oxidation sites excluding steroid dienone is 4. The summed E-state index contributed by atoms with van der Waals surface area (Å²) in [5, 5.41) is 0. The van der Waals surface area contributed by atoms with Crippen LogP contribution in [0.15, 0.2) is 48.1 Å². The molecule has 0 amide bonds. The van der Waals surface area contributed by atoms with E-state index in [1.54, 1.807) is 0 Å². The molecule has 0 spiro atoms. The average Bonchev–Trinajstić information content (AvgIpc) is 2.32. The van der Waals surface area contributed by atoms with Crippen LogP contribution in [-0.2, 0) is 9.53 Å². The number of carbonyl (C=O) groups excluding carboxylic acids is 1. The molecule has 0 aliphatic heterocycles. The van der Waals surface area contributed by atoms with E-state index >= 15 is 0 Å². The van der Waals surface area contributed by atoms with Crippen molar-refractivity contribution in [1.82, 2.24) is 0 Å². The van der Waals surface area contributed by atoms with Crippen LogP contribution in [0.1, 0.15) is 6.92 Å². The van der Waals surface area contributed by atoms with Gasteiger partial charge in [0.25, 0.3) is 0 Å². The first-order chi connectivity index (χ1) is 7.84. The van der Waals surface area contributed by atoms with E-state index in [2.05, 4.69) is 11.3 Å². The maximum atomic E-state index is 13.0. The van der Waals surface area contributed by atoms with E-state index in [-0.39, 0.29) is 0 Å². The second-order valence-electron chi connectivity index (χ2n) is 2.57. The molecule has 7 heteroatoms. The van der Waals surface area contributed by atoms with Crippen molar-refractivity contribution in [3.05, 3.63) is 48.1 Å². The van der Waals surface area contributed by atoms with Crippen LogP contribution in [0.5, 0.6) is 0 Å². The van der Waals surface area contributed by atoms with Gasteiger partial charge in [0, 0.05) is 6.08 Å². The Bertz CT molecular complexity index is 416. The first-order valence-corrected chi connectivity index (χ1v) is 4.07. The van der Waals surface area contributed by atoms with Crippen LogP contribution in [0.4, 0.5) is 22.0 Å². The summed E-state index contributed by atoms with van der Waals surface area (Å²) in [6.07, 6.45) is -0.0710. The third kappa shape index (κ3) is 4.21. The van der Waals surface area contributed by atoms with E-state index < -0.39 is 41.4 Å². The fourth-order valence-corrected chi connectivity index (χ4v) is 0.621. The third-order valence-electron chi connectivity index (χ3n) is 1.38. The molecule has 0 heterocycles. The second-order valence-corrected chi connectivity index (χ2v) is 2.57. The van der Waals surface area contributed by atoms with E-state index in [4.69, 9.17) is 0 Å². The van der Waals surface area contributed by atoms with Gasteiger partial charge in [0.05, 0.1) is 0 Å². The zero-order valence-electron chi connectivity index (χ0n) is 8.57. The van der Waals surface area contributed by atoms with E-state index in [1.807, 2.05) is 0 Å². The van der Waals surface area contributed by atoms with E-state index in [0.717, 1.165) is 0 Å². The topological polar surface area (TPSA) is 26.3 Å². The molecule has 0 aliphatic rings. The third-order valence-corrected chi connectivity index (χ3v) is 1.38. The zero-order valence-corrected chi connectivity index (χ0v) is 8.57. The molecule has 0 N–H and O–H groups in total. The predicted octanol–water partition coefficient (Wildman–Crippen LogP) is 3.85. The fraction of sp³-hybridized carbons (Fsp3) is 0.100. The summed E-state index contributed by atoms with van der Waals surface area (Å²) in [4.78, 5) is 10.6. The monoisotopic (exact) mass is 254 g/mol. The van der Waals surface area contributed by atoms with Crippen molar-refractivity contribution in [2.75, 3.05) is 0 Å². The quantitative estimate of drug-likeness (QED) is 0.250. The van der Waals surface area contributed by atoms with Crippen molar-refractivity contribution < 1.29 is 31.5 Å². The molecule has 94 valence electrons. The number of hydrogen-bond donors (Lipinski definition) is 0. The molecule has 0 aromatic carbocycles. The Morgan fingerprint density at radius 1 is 1.12 bits per heavy atom. The molecule has 0 aromatic heterocycles. The lowest BCUT2D eigenvalue weighted by Crippen LogP contribution is -2.02. The smallest absolute Gasteiger partial charge is 0.335 e. The Hall–Kier alpha value is -1.92. The molecule has 0 atom stereocenters. The van der Waals surface area contributed by atoms with Gasteiger partial charge in [-0.25, -0.2) is 22.4 Å². The van der Waals surface area contributed by atoms with Gasteiger partial charge in [0.2, 0.25) is 11.7 Å². The van der Waals surface area contributed by atoms with Gasteiger partial charge in [-0.05, 0) is 6.92 Å². The maximum absolute atomic E-state index is 13.0. The van der Waals surface area contributed by atoms with Crippen LogP contribution in [0, 0.1) is 0 Å². The standard InChI is InChI=1S/C10H7F5O2/c1-3-7(16)17-6(4-11)9(14)10(15)8(13)5(2)12/h3-4H,1H2,2H3/b6-4-,8-5-,10-9-. The predicted molar refractivity (Wildman–Crippen MR) is 49.6 cm³/mol. The maximum Gasteiger partial charge on any atom is 0.335 e. The van der Waals surface area contributed by atoms with Gasteiger partial charge in [-0.15, -0.1) is 0 Å². The molecule has 0 saturated carbocycles. The minimum atomic E-state index is -2.31. The molecule has 2 nitrogen and oxygen atoms in total. The Morgan fingerprint density at radius 3 is 2.00 bits per heavy atom. The number of rotatable bonds is 4. The van der Waals surface area contributed by atoms with Gasteiger partial charge in [-0.3, -0.25) is 0 Å². The average molecular weight is 254 g/mol. The highest BCUT2D eigenvalue weighted by molar-refractivity contribution is 5.82. The van der Waals surface area contributed by atoms with Crippen molar-refractivity contribution >= 4 is 5.97 Å². The van der Waals surface area contributed by atoms with Gasteiger partial charge in [-0.1, -0.05) is 6.58 Å². The highest BCUT2D eigenvalue weighted by Crippen LogP contribution is 2.27. The molecule has 0 rings (SSSR count). The zero-order chi connectivity index (χ0) is 13.6. The van der Waals surface area contributed by atoms with E-state index in [0.29, 0.717) is 13.0 Å². The lowest BCUT2D eigenvalue weighted by Gasteiger charge is -2.03. The summed E-state index contributed by atoms with van der Waals surface area (Å²) in [7, 11) is 0. The highest BCUT2D eigenvalue weighted by Gasteiger charge is 2.21. The number of halogens is 5. The number of hydrogen-bond acceptors (Lipinski definition) is 2. The van der Waals surface area contributed by atoms with Crippen LogP contribution in [0.3, 0.4) is 0 Å². The van der Waals surface area contributed by atoms with Crippen LogP contribution in [0.2, 0.25) is 0 Å². The molecule has 0 radical (unpaired) electrons. The van der Waals surface area contributed by atoms with Crippen molar-refractivity contribution in [3.63, 3.8) is 0 Å². The fourth-order valence-electron chi connectivity index (χ4n) is 0.621. The Labute approximate surface area is 93.4 Å². The minimum Gasteiger partial charge on any atom is -0.418 e. The first-order valence-electron chi connectivity index (χ1n) is 4.07. The summed E-state index contributed by atoms with van der Waals surface area (Å²) in [5.74, 6) is -11.1. The van der Waals surface area contributed by atoms with Gasteiger partial charge in [0.1, 0.15) is 12.2 Å². The molecule has 0 bridgehead atoms. The summed E-state index contributed by atoms with van der Waals surface area (Å²) < 4.78 is 66.7. The van der Waals surface area contributed by atoms with Crippen molar-refractivity contribution in [1.29, 1.82) is 0 Å². The minimum absolute atomic E-state index is 0.525. The molecule has 0 aromatic rings. The Morgan fingerprint density at radius 2 is 1.65 bits per heavy atom. The Balaban J connectivity index is 5.32. The summed E-state index contributed by atoms with van der Waals surface area (Å²) in [6.45, 7) is 3.44. The summed E-state index contributed by atoms with van der Waals surface area (Å²) in [6, 6.07) is 0. The number of ether oxygens (including phenoxy) is 1. The molecule has 0 saturated heterocycles. The van der Waals surface area contributed by atoms with Crippen molar-refractivity contribution in [2.45, 2.75) is 6.92 Å². The molecule has 0 aliphatic carbocycles. The normalized spacial score (nSPS) is 14.8. The first kappa shape index (κ1) is 15.1. The van der Waals surface area contributed by atoms with E-state index in [1.165, 1.54) is 0 Å². The van der Waals surface area contributed by atoms with Gasteiger partial charge < -0.3 is 4.74 Å². The molecular formula is C10H7F5O2. The van der Waals surface area contributed by atoms with Crippen molar-refractivity contribution in [3.8, 4) is 0 Å². The van der Waals surface area contributed by atoms with Gasteiger partial charge in [-0.2, -0.15) is 4.39 Å². The molecular weight excluding hydrogens is 247 g/mol. The highest BCUT2D eigenvalue weighted by atomic mass is 19.2. The molecule has 0 fully saturated rings. The summed E-state index contributed by atoms with van der Waals surface area (Å²) >= 11 is 0. The summed E-state index contributed by atoms with van der Waals surface area (Å²) in [5.41, 5.74) is 0. The lowest BCUT2D eigenvalue weighted by atomic mass is 10.3. The second kappa shape index (κ2) is 6.62. The SMILES string of the molecule is C=CC(=O)OC(=C\F)/C(F)=C(F)\C(F)=C(/C)F. The van der Waals surface area contributed by atoms with Crippen LogP contribution >= 0.6 is 0 Å². The van der Waals surface area contributed by atoms with Gasteiger partial charge in [0.15, 0.2) is 11.6 Å². The van der Waals surface area contributed by atoms with Crippen LogP contribution in [-0.4, -0.2) is 5.97 Å². The molecule has 17 heavy (non-hydrogen) atoms. The lowest BCUT2D eigenvalue weighted by molar-refractivity contribution is -0.133. The Kier molecular flexibility index (Phi) is 5.87. The number of esters is 1. The largest absolute Gasteiger partial charge is 0.418 e. The molecule has 0 unspecified atom stereocenters.